The van der Waals surface area contributed by atoms with E-state index >= 15 is 0 Å². The Kier molecular flexibility index (Phi) is 4.28. The first-order valence-electron chi connectivity index (χ1n) is 8.16. The van der Waals surface area contributed by atoms with Gasteiger partial charge in [-0.05, 0) is 37.8 Å². The SMILES string of the molecule is C/C=C(C=NC)/C(=C/C)C(=N)c1cn2c3c(cccc13)CCC2. The van der Waals surface area contributed by atoms with Crippen molar-refractivity contribution in [3.63, 3.8) is 0 Å². The van der Waals surface area contributed by atoms with Gasteiger partial charge in [-0.2, -0.15) is 0 Å². The lowest BCUT2D eigenvalue weighted by Crippen LogP contribution is -2.07. The Morgan fingerprint density at radius 1 is 1.26 bits per heavy atom. The molecular formula is C20H23N3. The van der Waals surface area contributed by atoms with E-state index in [4.69, 9.17) is 5.41 Å². The Bertz CT molecular complexity index is 847. The standard InChI is InChI=1S/C20H23N3/c1-4-14(12-22-3)16(5-2)19(21)18-13-23-11-7-9-15-8-6-10-17(18)20(15)23/h4-6,8,10,12-13,21H,7,9,11H2,1-3H3/b14-4+,16-5-,21-19?,22-12?. The molecule has 1 aromatic heterocycles. The van der Waals surface area contributed by atoms with Crippen LogP contribution in [0.3, 0.4) is 0 Å². The van der Waals surface area contributed by atoms with Gasteiger partial charge in [0.15, 0.2) is 0 Å². The van der Waals surface area contributed by atoms with E-state index in [0.717, 1.165) is 29.7 Å². The molecule has 1 aliphatic rings. The van der Waals surface area contributed by atoms with Crippen LogP contribution >= 0.6 is 0 Å². The van der Waals surface area contributed by atoms with E-state index in [1.807, 2.05) is 32.2 Å². The lowest BCUT2D eigenvalue weighted by Gasteiger charge is -2.14. The lowest BCUT2D eigenvalue weighted by molar-refractivity contribution is 0.636. The van der Waals surface area contributed by atoms with Crippen molar-refractivity contribution in [3.05, 3.63) is 58.8 Å². The summed E-state index contributed by atoms with van der Waals surface area (Å²) < 4.78 is 2.31. The molecule has 0 radical (unpaired) electrons. The number of allylic oxidation sites excluding steroid dienone is 4. The minimum atomic E-state index is 0.572. The largest absolute Gasteiger partial charge is 0.347 e. The summed E-state index contributed by atoms with van der Waals surface area (Å²) in [5, 5.41) is 9.97. The van der Waals surface area contributed by atoms with Gasteiger partial charge in [-0.25, -0.2) is 0 Å². The summed E-state index contributed by atoms with van der Waals surface area (Å²) in [6, 6.07) is 6.47. The molecular weight excluding hydrogens is 282 g/mol. The van der Waals surface area contributed by atoms with E-state index in [0.29, 0.717) is 5.71 Å². The lowest BCUT2D eigenvalue weighted by atomic mass is 9.94. The number of para-hydroxylation sites is 1. The van der Waals surface area contributed by atoms with Gasteiger partial charge in [0.2, 0.25) is 0 Å². The second-order valence-corrected chi connectivity index (χ2v) is 5.86. The van der Waals surface area contributed by atoms with Gasteiger partial charge in [-0.15, -0.1) is 0 Å². The zero-order valence-electron chi connectivity index (χ0n) is 14.1. The van der Waals surface area contributed by atoms with Gasteiger partial charge in [0.05, 0.1) is 11.2 Å². The number of benzene rings is 1. The zero-order valence-corrected chi connectivity index (χ0v) is 14.1. The highest BCUT2D eigenvalue weighted by Crippen LogP contribution is 2.31. The van der Waals surface area contributed by atoms with Crippen molar-refractivity contribution < 1.29 is 0 Å². The quantitative estimate of drug-likeness (QED) is 0.636. The van der Waals surface area contributed by atoms with E-state index in [-0.39, 0.29) is 0 Å². The Balaban J connectivity index is 2.14. The molecule has 0 amide bonds. The Hall–Kier alpha value is -2.42. The Labute approximate surface area is 137 Å². The van der Waals surface area contributed by atoms with Crippen LogP contribution in [0, 0.1) is 5.41 Å². The third-order valence-corrected chi connectivity index (χ3v) is 4.54. The molecule has 2 heterocycles. The molecule has 3 rings (SSSR count). The first kappa shape index (κ1) is 15.5. The minimum Gasteiger partial charge on any atom is -0.347 e. The van der Waals surface area contributed by atoms with E-state index in [1.54, 1.807) is 7.05 Å². The summed E-state index contributed by atoms with van der Waals surface area (Å²) in [5.41, 5.74) is 6.22. The summed E-state index contributed by atoms with van der Waals surface area (Å²) in [6.45, 7) is 5.02. The van der Waals surface area contributed by atoms with Gasteiger partial charge in [-0.3, -0.25) is 10.4 Å². The average molecular weight is 305 g/mol. The van der Waals surface area contributed by atoms with Crippen molar-refractivity contribution in [2.75, 3.05) is 7.05 Å². The van der Waals surface area contributed by atoms with Crippen molar-refractivity contribution >= 4 is 22.8 Å². The molecule has 0 atom stereocenters. The molecule has 1 N–H and O–H groups in total. The van der Waals surface area contributed by atoms with E-state index in [9.17, 15) is 0 Å². The molecule has 0 spiro atoms. The fourth-order valence-electron chi connectivity index (χ4n) is 3.49. The van der Waals surface area contributed by atoms with Gasteiger partial charge in [0.1, 0.15) is 0 Å². The van der Waals surface area contributed by atoms with Gasteiger partial charge >= 0.3 is 0 Å². The minimum absolute atomic E-state index is 0.572. The first-order chi connectivity index (χ1) is 11.2. The Morgan fingerprint density at radius 3 is 2.78 bits per heavy atom. The number of aromatic nitrogens is 1. The summed E-state index contributed by atoms with van der Waals surface area (Å²) in [5.74, 6) is 0. The molecule has 0 saturated heterocycles. The molecule has 2 aromatic rings. The van der Waals surface area contributed by atoms with Crippen LogP contribution in [0.2, 0.25) is 0 Å². The third kappa shape index (κ3) is 2.56. The van der Waals surface area contributed by atoms with Crippen LogP contribution in [-0.4, -0.2) is 23.5 Å². The van der Waals surface area contributed by atoms with Crippen molar-refractivity contribution in [3.8, 4) is 0 Å². The summed E-state index contributed by atoms with van der Waals surface area (Å²) in [6.07, 6.45) is 10.3. The number of aryl methyl sites for hydroxylation is 2. The number of aliphatic imine (C=N–C) groups is 1. The van der Waals surface area contributed by atoms with Crippen LogP contribution in [0.15, 0.2) is 52.7 Å². The number of nitrogens with zero attached hydrogens (tertiary/aromatic N) is 2. The van der Waals surface area contributed by atoms with Gasteiger partial charge < -0.3 is 4.57 Å². The van der Waals surface area contributed by atoms with E-state index < -0.39 is 0 Å². The van der Waals surface area contributed by atoms with Crippen LogP contribution in [0.4, 0.5) is 0 Å². The maximum atomic E-state index is 8.78. The predicted octanol–water partition coefficient (Wildman–Crippen LogP) is 4.55. The summed E-state index contributed by atoms with van der Waals surface area (Å²) >= 11 is 0. The number of nitrogens with one attached hydrogen (secondary N) is 1. The second-order valence-electron chi connectivity index (χ2n) is 5.86. The highest BCUT2D eigenvalue weighted by Gasteiger charge is 2.20. The number of rotatable bonds is 4. The van der Waals surface area contributed by atoms with E-state index in [2.05, 4.69) is 34.0 Å². The van der Waals surface area contributed by atoms with Gasteiger partial charge in [-0.1, -0.05) is 30.4 Å². The van der Waals surface area contributed by atoms with Crippen molar-refractivity contribution in [1.82, 2.24) is 4.57 Å². The Morgan fingerprint density at radius 2 is 2.09 bits per heavy atom. The van der Waals surface area contributed by atoms with Gasteiger partial charge in [0.25, 0.3) is 0 Å². The molecule has 0 aliphatic carbocycles. The molecule has 1 aromatic carbocycles. The summed E-state index contributed by atoms with van der Waals surface area (Å²) in [4.78, 5) is 4.12. The number of hydrogen-bond acceptors (Lipinski definition) is 2. The fourth-order valence-corrected chi connectivity index (χ4v) is 3.49. The molecule has 3 nitrogen and oxygen atoms in total. The van der Waals surface area contributed by atoms with Crippen molar-refractivity contribution in [2.45, 2.75) is 33.2 Å². The van der Waals surface area contributed by atoms with Crippen LogP contribution in [0.5, 0.6) is 0 Å². The van der Waals surface area contributed by atoms with Crippen molar-refractivity contribution in [2.24, 2.45) is 4.99 Å². The molecule has 0 fully saturated rings. The smallest absolute Gasteiger partial charge is 0.0709 e. The van der Waals surface area contributed by atoms with Crippen LogP contribution in [0.25, 0.3) is 10.9 Å². The predicted molar refractivity (Wildman–Crippen MR) is 99.0 cm³/mol. The third-order valence-electron chi connectivity index (χ3n) is 4.54. The van der Waals surface area contributed by atoms with Crippen LogP contribution < -0.4 is 0 Å². The second kappa shape index (κ2) is 6.37. The van der Waals surface area contributed by atoms with E-state index in [1.165, 1.54) is 22.9 Å². The molecule has 1 aliphatic heterocycles. The van der Waals surface area contributed by atoms with Gasteiger partial charge in [0, 0.05) is 42.5 Å². The normalized spacial score (nSPS) is 15.6. The molecule has 3 heteroatoms. The monoisotopic (exact) mass is 305 g/mol. The first-order valence-corrected chi connectivity index (χ1v) is 8.16. The fraction of sp³-hybridized carbons (Fsp3) is 0.300. The molecule has 0 unspecified atom stereocenters. The topological polar surface area (TPSA) is 41.1 Å². The zero-order chi connectivity index (χ0) is 16.4. The van der Waals surface area contributed by atoms with Crippen LogP contribution in [-0.2, 0) is 13.0 Å². The molecule has 118 valence electrons. The maximum Gasteiger partial charge on any atom is 0.0709 e. The highest BCUT2D eigenvalue weighted by atomic mass is 15.0. The molecule has 23 heavy (non-hydrogen) atoms. The van der Waals surface area contributed by atoms with Crippen LogP contribution in [0.1, 0.15) is 31.4 Å². The molecule has 0 bridgehead atoms. The van der Waals surface area contributed by atoms with Crippen molar-refractivity contribution in [1.29, 1.82) is 5.41 Å². The highest BCUT2D eigenvalue weighted by molar-refractivity contribution is 6.22. The molecule has 0 saturated carbocycles. The average Bonchev–Trinajstić information content (AvgIpc) is 2.96. The maximum absolute atomic E-state index is 8.78. The number of hydrogen-bond donors (Lipinski definition) is 1. The summed E-state index contributed by atoms with van der Waals surface area (Å²) in [7, 11) is 1.76.